The van der Waals surface area contributed by atoms with Gasteiger partial charge < -0.3 is 14.5 Å². The highest BCUT2D eigenvalue weighted by Crippen LogP contribution is 2.40. The molecule has 166 valence electrons. The lowest BCUT2D eigenvalue weighted by Gasteiger charge is -2.14. The number of carbonyl (C=O) groups excluding carboxylic acids is 1. The zero-order valence-corrected chi connectivity index (χ0v) is 19.7. The van der Waals surface area contributed by atoms with Crippen LogP contribution in [0.15, 0.2) is 35.5 Å². The van der Waals surface area contributed by atoms with Crippen molar-refractivity contribution in [2.24, 2.45) is 0 Å². The first kappa shape index (κ1) is 22.2. The molecule has 2 aromatic heterocycles. The van der Waals surface area contributed by atoms with Crippen molar-refractivity contribution in [2.45, 2.75) is 64.2 Å². The third-order valence-electron chi connectivity index (χ3n) is 5.83. The number of nitrogens with zero attached hydrogens (tertiary/aromatic N) is 5. The van der Waals surface area contributed by atoms with Crippen molar-refractivity contribution >= 4 is 23.5 Å². The zero-order chi connectivity index (χ0) is 22.8. The maximum atomic E-state index is 12.9. The van der Waals surface area contributed by atoms with E-state index in [-0.39, 0.29) is 17.6 Å². The van der Waals surface area contributed by atoms with E-state index in [4.69, 9.17) is 0 Å². The topological polar surface area (TPSA) is 88.5 Å². The smallest absolute Gasteiger partial charge is 0.235 e. The van der Waals surface area contributed by atoms with Crippen molar-refractivity contribution < 1.29 is 4.79 Å². The Morgan fingerprint density at radius 1 is 1.25 bits per heavy atom. The van der Waals surface area contributed by atoms with Crippen molar-refractivity contribution in [3.05, 3.63) is 58.5 Å². The Bertz CT molecular complexity index is 1170. The second-order valence-corrected chi connectivity index (χ2v) is 9.49. The second-order valence-electron chi connectivity index (χ2n) is 8.55. The highest BCUT2D eigenvalue weighted by molar-refractivity contribution is 7.99. The fourth-order valence-corrected chi connectivity index (χ4v) is 4.66. The van der Waals surface area contributed by atoms with Gasteiger partial charge in [-0.3, -0.25) is 4.79 Å². The molecule has 1 saturated carbocycles. The maximum absolute atomic E-state index is 12.9. The number of hydrogen-bond acceptors (Lipinski definition) is 5. The van der Waals surface area contributed by atoms with Gasteiger partial charge in [-0.2, -0.15) is 5.26 Å². The van der Waals surface area contributed by atoms with Gasteiger partial charge in [0.1, 0.15) is 17.7 Å². The number of aromatic nitrogens is 4. The van der Waals surface area contributed by atoms with Gasteiger partial charge in [-0.25, -0.2) is 0 Å². The molecule has 8 heteroatoms. The van der Waals surface area contributed by atoms with Crippen LogP contribution in [0.25, 0.3) is 0 Å². The summed E-state index contributed by atoms with van der Waals surface area (Å²) in [6.07, 6.45) is 2.27. The molecule has 0 spiro atoms. The molecule has 32 heavy (non-hydrogen) atoms. The summed E-state index contributed by atoms with van der Waals surface area (Å²) in [7, 11) is 0. The monoisotopic (exact) mass is 448 g/mol. The summed E-state index contributed by atoms with van der Waals surface area (Å²) in [5.74, 6) is 1.88. The van der Waals surface area contributed by atoms with Gasteiger partial charge in [0.15, 0.2) is 5.16 Å². The number of rotatable bonds is 8. The summed E-state index contributed by atoms with van der Waals surface area (Å²) < 4.78 is 4.20. The van der Waals surface area contributed by atoms with Crippen molar-refractivity contribution in [3.8, 4) is 6.07 Å². The van der Waals surface area contributed by atoms with Crippen LogP contribution in [0, 0.1) is 25.2 Å². The number of hydrogen-bond donors (Lipinski definition) is 1. The molecule has 0 unspecified atom stereocenters. The normalized spacial score (nSPS) is 13.4. The number of nitrogens with one attached hydrogen (secondary N) is 1. The van der Waals surface area contributed by atoms with Gasteiger partial charge in [-0.15, -0.1) is 10.2 Å². The predicted octanol–water partition coefficient (Wildman–Crippen LogP) is 4.81. The maximum Gasteiger partial charge on any atom is 0.235 e. The number of benzene rings is 1. The molecule has 1 aliphatic carbocycles. The minimum atomic E-state index is -0.158. The molecule has 1 fully saturated rings. The van der Waals surface area contributed by atoms with Crippen molar-refractivity contribution in [3.63, 3.8) is 0 Å². The minimum absolute atomic E-state index is 0.158. The van der Waals surface area contributed by atoms with Crippen molar-refractivity contribution in [1.82, 2.24) is 19.3 Å². The summed E-state index contributed by atoms with van der Waals surface area (Å²) in [6, 6.07) is 12.8. The molecule has 0 saturated heterocycles. The number of carbonyl (C=O) groups is 1. The van der Waals surface area contributed by atoms with Gasteiger partial charge in [0.2, 0.25) is 5.91 Å². The molecule has 3 aromatic rings. The highest BCUT2D eigenvalue weighted by atomic mass is 32.2. The van der Waals surface area contributed by atoms with E-state index in [0.29, 0.717) is 24.0 Å². The van der Waals surface area contributed by atoms with E-state index in [0.717, 1.165) is 40.6 Å². The summed E-state index contributed by atoms with van der Waals surface area (Å²) >= 11 is 1.40. The van der Waals surface area contributed by atoms with Crippen LogP contribution in [0.5, 0.6) is 0 Å². The van der Waals surface area contributed by atoms with Gasteiger partial charge in [0.05, 0.1) is 11.3 Å². The van der Waals surface area contributed by atoms with Crippen LogP contribution in [0.2, 0.25) is 0 Å². The van der Waals surface area contributed by atoms with Gasteiger partial charge in [-0.05, 0) is 37.8 Å². The standard InChI is InChI=1S/C24H28N6OS/c1-15(2)22-27-28-24(30(22)19-10-11-19)32-14-21(31)26-23-20(12-25)16(3)17(4)29(23)13-18-8-6-5-7-9-18/h5-9,15,19H,10-11,13-14H2,1-4H3,(H,26,31). The van der Waals surface area contributed by atoms with E-state index in [1.807, 2.05) is 48.7 Å². The number of anilines is 1. The second kappa shape index (κ2) is 9.21. The van der Waals surface area contributed by atoms with E-state index in [9.17, 15) is 10.1 Å². The summed E-state index contributed by atoms with van der Waals surface area (Å²) in [5.41, 5.74) is 3.49. The van der Waals surface area contributed by atoms with Crippen LogP contribution < -0.4 is 5.32 Å². The van der Waals surface area contributed by atoms with Gasteiger partial charge >= 0.3 is 0 Å². The molecule has 1 aromatic carbocycles. The summed E-state index contributed by atoms with van der Waals surface area (Å²) in [4.78, 5) is 12.9. The Morgan fingerprint density at radius 3 is 2.59 bits per heavy atom. The van der Waals surface area contributed by atoms with Crippen LogP contribution in [-0.2, 0) is 11.3 Å². The molecule has 1 N–H and O–H groups in total. The molecular formula is C24H28N6OS. The lowest BCUT2D eigenvalue weighted by atomic mass is 10.2. The fraction of sp³-hybridized carbons (Fsp3) is 0.417. The quantitative estimate of drug-likeness (QED) is 0.500. The highest BCUT2D eigenvalue weighted by Gasteiger charge is 2.30. The van der Waals surface area contributed by atoms with E-state index in [1.165, 1.54) is 11.8 Å². The minimum Gasteiger partial charge on any atom is -0.326 e. The molecule has 0 radical (unpaired) electrons. The number of thioether (sulfide) groups is 1. The molecule has 7 nitrogen and oxygen atoms in total. The molecule has 1 aliphatic rings. The largest absolute Gasteiger partial charge is 0.326 e. The first-order valence-electron chi connectivity index (χ1n) is 10.9. The van der Waals surface area contributed by atoms with Crippen LogP contribution in [-0.4, -0.2) is 31.0 Å². The molecule has 0 atom stereocenters. The number of amides is 1. The molecule has 0 aliphatic heterocycles. The SMILES string of the molecule is Cc1c(C#N)c(NC(=O)CSc2nnc(C(C)C)n2C2CC2)n(Cc2ccccc2)c1C. The Labute approximate surface area is 192 Å². The molecule has 2 heterocycles. The van der Waals surface area contributed by atoms with E-state index in [2.05, 4.69) is 40.0 Å². The fourth-order valence-electron chi connectivity index (χ4n) is 3.85. The average Bonchev–Trinajstić information content (AvgIpc) is 3.49. The van der Waals surface area contributed by atoms with E-state index < -0.39 is 0 Å². The zero-order valence-electron chi connectivity index (χ0n) is 18.9. The van der Waals surface area contributed by atoms with Crippen molar-refractivity contribution in [2.75, 3.05) is 11.1 Å². The van der Waals surface area contributed by atoms with Crippen molar-refractivity contribution in [1.29, 1.82) is 5.26 Å². The van der Waals surface area contributed by atoms with Gasteiger partial charge in [0.25, 0.3) is 0 Å². The van der Waals surface area contributed by atoms with Crippen LogP contribution >= 0.6 is 11.8 Å². The number of nitriles is 1. The molecule has 0 bridgehead atoms. The van der Waals surface area contributed by atoms with Gasteiger partial charge in [-0.1, -0.05) is 55.9 Å². The molecule has 1 amide bonds. The summed E-state index contributed by atoms with van der Waals surface area (Å²) in [5, 5.41) is 22.2. The van der Waals surface area contributed by atoms with Crippen LogP contribution in [0.4, 0.5) is 5.82 Å². The Kier molecular flexibility index (Phi) is 6.38. The third-order valence-corrected chi connectivity index (χ3v) is 6.78. The van der Waals surface area contributed by atoms with Crippen LogP contribution in [0.3, 0.4) is 0 Å². The van der Waals surface area contributed by atoms with E-state index in [1.54, 1.807) is 0 Å². The molecule has 4 rings (SSSR count). The van der Waals surface area contributed by atoms with Crippen LogP contribution in [0.1, 0.15) is 66.9 Å². The predicted molar refractivity (Wildman–Crippen MR) is 126 cm³/mol. The van der Waals surface area contributed by atoms with E-state index >= 15 is 0 Å². The molecular weight excluding hydrogens is 420 g/mol. The Balaban J connectivity index is 1.52. The lowest BCUT2D eigenvalue weighted by Crippen LogP contribution is -2.19. The Morgan fingerprint density at radius 2 is 1.97 bits per heavy atom. The lowest BCUT2D eigenvalue weighted by molar-refractivity contribution is -0.113. The van der Waals surface area contributed by atoms with Gasteiger partial charge in [0, 0.05) is 24.2 Å². The average molecular weight is 449 g/mol. The first-order chi connectivity index (χ1) is 15.4. The first-order valence-corrected chi connectivity index (χ1v) is 11.9. The Hall–Kier alpha value is -3.05. The summed E-state index contributed by atoms with van der Waals surface area (Å²) in [6.45, 7) is 8.71. The third kappa shape index (κ3) is 4.44.